The van der Waals surface area contributed by atoms with E-state index in [1.807, 2.05) is 32.6 Å². The number of hydrogen-bond donors (Lipinski definition) is 2. The van der Waals surface area contributed by atoms with Crippen molar-refractivity contribution < 1.29 is 18.0 Å². The normalized spacial score (nSPS) is 19.7. The lowest BCUT2D eigenvalue weighted by Gasteiger charge is -2.45. The summed E-state index contributed by atoms with van der Waals surface area (Å²) in [6.07, 6.45) is 4.74. The van der Waals surface area contributed by atoms with Gasteiger partial charge in [0, 0.05) is 30.6 Å². The molecular weight excluding hydrogens is 654 g/mol. The third-order valence-electron chi connectivity index (χ3n) is 8.60. The molecule has 0 spiro atoms. The minimum atomic E-state index is -1.87. The van der Waals surface area contributed by atoms with Crippen molar-refractivity contribution in [3.63, 3.8) is 0 Å². The molecule has 1 saturated heterocycles. The number of pyridine rings is 2. The van der Waals surface area contributed by atoms with E-state index in [9.17, 15) is 23.6 Å². The van der Waals surface area contributed by atoms with Gasteiger partial charge in [-0.2, -0.15) is 5.26 Å². The summed E-state index contributed by atoms with van der Waals surface area (Å²) in [6, 6.07) is 2.35. The second-order valence-corrected chi connectivity index (χ2v) is 12.8. The number of nitriles is 1. The van der Waals surface area contributed by atoms with Crippen LogP contribution in [0.1, 0.15) is 40.2 Å². The summed E-state index contributed by atoms with van der Waals surface area (Å²) in [5, 5.41) is 13.1. The maximum absolute atomic E-state index is 15.4. The summed E-state index contributed by atoms with van der Waals surface area (Å²) in [6.45, 7) is 13.4. The summed E-state index contributed by atoms with van der Waals surface area (Å²) in [5.74, 6) is -5.51. The highest BCUT2D eigenvalue weighted by molar-refractivity contribution is 6.38. The first-order valence-electron chi connectivity index (χ1n) is 14.8. The van der Waals surface area contributed by atoms with E-state index < -0.39 is 51.0 Å². The Morgan fingerprint density at radius 1 is 1.19 bits per heavy atom. The number of rotatable bonds is 5. The molecule has 0 aliphatic carbocycles. The molecule has 0 bridgehead atoms. The first kappa shape index (κ1) is 33.9. The Morgan fingerprint density at radius 3 is 2.40 bits per heavy atom. The van der Waals surface area contributed by atoms with Crippen LogP contribution < -0.4 is 21.5 Å². The van der Waals surface area contributed by atoms with Crippen LogP contribution in [0.15, 0.2) is 41.4 Å². The number of nitrogens with zero attached hydrogens (tertiary/aromatic N) is 5. The van der Waals surface area contributed by atoms with Gasteiger partial charge in [-0.15, -0.1) is 0 Å². The molecule has 0 saturated carbocycles. The number of benzene rings is 1. The molecule has 4 heterocycles. The van der Waals surface area contributed by atoms with Gasteiger partial charge in [0.2, 0.25) is 5.91 Å². The Hall–Kier alpha value is -4.47. The standard InChI is InChI=1S/C33H32Cl2F3N7O2/c1-7-21(46)44-16(5)12-43(13-17(44)6)31-18-10-20(34)29(22-23(35)27(40)26(38)25(37)24(22)36)42-32(18)45(33(47)19(31)11-39)30-15(4)8-9-41-28(30)14(2)3/h7-10,14,16-17,28,41H,1,12-13,40H2,2-6H3/t16-,17+,28?. The quantitative estimate of drug-likeness (QED) is 0.142. The van der Waals surface area contributed by atoms with Crippen LogP contribution in [0, 0.1) is 34.7 Å². The van der Waals surface area contributed by atoms with Crippen molar-refractivity contribution in [2.24, 2.45) is 5.92 Å². The summed E-state index contributed by atoms with van der Waals surface area (Å²) < 4.78 is 45.7. The lowest BCUT2D eigenvalue weighted by Crippen LogP contribution is -2.58. The number of carbonyl (C=O) groups is 1. The van der Waals surface area contributed by atoms with Crippen molar-refractivity contribution in [2.45, 2.75) is 52.7 Å². The first-order valence-corrected chi connectivity index (χ1v) is 15.6. The predicted octanol–water partition coefficient (Wildman–Crippen LogP) is 6.23. The third-order valence-corrected chi connectivity index (χ3v) is 9.28. The average molecular weight is 687 g/mol. The molecule has 3 atom stereocenters. The van der Waals surface area contributed by atoms with E-state index >= 15 is 4.39 Å². The molecule has 1 unspecified atom stereocenters. The number of dihydropyridines is 1. The lowest BCUT2D eigenvalue weighted by molar-refractivity contribution is -0.130. The highest BCUT2D eigenvalue weighted by atomic mass is 35.5. The van der Waals surface area contributed by atoms with Crippen LogP contribution in [0.3, 0.4) is 0 Å². The zero-order valence-electron chi connectivity index (χ0n) is 26.3. The van der Waals surface area contributed by atoms with E-state index in [2.05, 4.69) is 22.9 Å². The molecule has 3 aromatic rings. The van der Waals surface area contributed by atoms with E-state index in [4.69, 9.17) is 28.9 Å². The summed E-state index contributed by atoms with van der Waals surface area (Å²) in [4.78, 5) is 35.3. The predicted molar refractivity (Wildman–Crippen MR) is 178 cm³/mol. The second-order valence-electron chi connectivity index (χ2n) is 12.1. The van der Waals surface area contributed by atoms with Gasteiger partial charge in [-0.1, -0.05) is 43.6 Å². The van der Waals surface area contributed by atoms with Crippen LogP contribution in [0.25, 0.3) is 28.0 Å². The smallest absolute Gasteiger partial charge is 0.276 e. The molecule has 1 amide bonds. The van der Waals surface area contributed by atoms with E-state index in [-0.39, 0.29) is 64.3 Å². The fourth-order valence-corrected chi connectivity index (χ4v) is 7.01. The number of amides is 1. The zero-order chi connectivity index (χ0) is 34.6. The molecule has 2 aromatic heterocycles. The Labute approximate surface area is 279 Å². The molecule has 0 radical (unpaired) electrons. The molecule has 3 N–H and O–H groups in total. The average Bonchev–Trinajstić information content (AvgIpc) is 3.02. The van der Waals surface area contributed by atoms with Gasteiger partial charge in [0.15, 0.2) is 17.5 Å². The van der Waals surface area contributed by atoms with Crippen LogP contribution in [0.2, 0.25) is 10.0 Å². The molecule has 2 aliphatic heterocycles. The maximum atomic E-state index is 15.4. The van der Waals surface area contributed by atoms with E-state index in [1.165, 1.54) is 16.7 Å². The Bertz CT molecular complexity index is 1980. The van der Waals surface area contributed by atoms with Gasteiger partial charge in [-0.05, 0) is 56.7 Å². The number of halogens is 5. The van der Waals surface area contributed by atoms with Gasteiger partial charge in [-0.3, -0.25) is 14.2 Å². The number of nitrogens with two attached hydrogens (primary N) is 1. The molecule has 47 heavy (non-hydrogen) atoms. The molecule has 14 heteroatoms. The van der Waals surface area contributed by atoms with Gasteiger partial charge in [0.25, 0.3) is 5.56 Å². The van der Waals surface area contributed by atoms with Crippen LogP contribution in [-0.2, 0) is 4.79 Å². The molecule has 246 valence electrons. The number of hydrogen-bond acceptors (Lipinski definition) is 7. The third kappa shape index (κ3) is 5.41. The first-order chi connectivity index (χ1) is 22.2. The Balaban J connectivity index is 1.92. The number of piperazine rings is 1. The molecule has 9 nitrogen and oxygen atoms in total. The molecular formula is C33H32Cl2F3N7O2. The summed E-state index contributed by atoms with van der Waals surface area (Å²) in [5.41, 5.74) is 4.17. The SMILES string of the molecule is C=CC(=O)N1[C@H](C)CN(c2c(C#N)c(=O)n(C3=C(C)C=CNC3C(C)C)c3nc(-c4c(F)c(F)c(F)c(N)c4Cl)c(Cl)cc23)C[C@@H]1C. The molecule has 1 fully saturated rings. The van der Waals surface area contributed by atoms with Crippen LogP contribution >= 0.6 is 23.2 Å². The highest BCUT2D eigenvalue weighted by Crippen LogP contribution is 2.43. The van der Waals surface area contributed by atoms with Gasteiger partial charge >= 0.3 is 0 Å². The number of anilines is 2. The minimum Gasteiger partial charge on any atom is -0.395 e. The van der Waals surface area contributed by atoms with Crippen molar-refractivity contribution in [3.05, 3.63) is 80.0 Å². The Kier molecular flexibility index (Phi) is 9.10. The number of carbonyl (C=O) groups excluding carboxylic acids is 1. The number of aromatic nitrogens is 2. The fourth-order valence-electron chi connectivity index (χ4n) is 6.51. The van der Waals surface area contributed by atoms with E-state index in [1.54, 1.807) is 24.1 Å². The minimum absolute atomic E-state index is 0.0378. The zero-order valence-corrected chi connectivity index (χ0v) is 27.8. The van der Waals surface area contributed by atoms with Gasteiger partial charge in [-0.25, -0.2) is 18.2 Å². The van der Waals surface area contributed by atoms with E-state index in [0.717, 1.165) is 0 Å². The van der Waals surface area contributed by atoms with Gasteiger partial charge in [0.1, 0.15) is 17.3 Å². The summed E-state index contributed by atoms with van der Waals surface area (Å²) in [7, 11) is 0. The fraction of sp³-hybridized carbons (Fsp3) is 0.333. The Morgan fingerprint density at radius 2 is 1.83 bits per heavy atom. The number of allylic oxidation sites excluding steroid dienone is 2. The van der Waals surface area contributed by atoms with Crippen LogP contribution in [0.5, 0.6) is 0 Å². The van der Waals surface area contributed by atoms with Crippen molar-refractivity contribution in [1.82, 2.24) is 19.8 Å². The second kappa shape index (κ2) is 12.6. The number of nitrogens with one attached hydrogen (secondary N) is 1. The van der Waals surface area contributed by atoms with Gasteiger partial charge in [0.05, 0.1) is 44.4 Å². The van der Waals surface area contributed by atoms with Crippen molar-refractivity contribution in [1.29, 1.82) is 5.26 Å². The number of nitrogen functional groups attached to an aromatic ring is 1. The number of fused-ring (bicyclic) bond motifs is 1. The van der Waals surface area contributed by atoms with Crippen molar-refractivity contribution in [3.8, 4) is 17.3 Å². The highest BCUT2D eigenvalue weighted by Gasteiger charge is 2.36. The van der Waals surface area contributed by atoms with Crippen molar-refractivity contribution >= 4 is 57.2 Å². The van der Waals surface area contributed by atoms with Crippen LogP contribution in [-0.4, -0.2) is 51.6 Å². The molecule has 2 aliphatic rings. The molecule has 1 aromatic carbocycles. The molecule has 5 rings (SSSR count). The van der Waals surface area contributed by atoms with Gasteiger partial charge < -0.3 is 20.9 Å². The maximum Gasteiger partial charge on any atom is 0.276 e. The van der Waals surface area contributed by atoms with E-state index in [0.29, 0.717) is 11.3 Å². The monoisotopic (exact) mass is 685 g/mol. The summed E-state index contributed by atoms with van der Waals surface area (Å²) >= 11 is 13.0. The topological polar surface area (TPSA) is 120 Å². The lowest BCUT2D eigenvalue weighted by atomic mass is 9.94. The largest absolute Gasteiger partial charge is 0.395 e. The van der Waals surface area contributed by atoms with Crippen molar-refractivity contribution in [2.75, 3.05) is 23.7 Å². The van der Waals surface area contributed by atoms with Crippen LogP contribution in [0.4, 0.5) is 24.5 Å².